The van der Waals surface area contributed by atoms with E-state index >= 15 is 0 Å². The number of hydrogen-bond donors (Lipinski definition) is 0. The Kier molecular flexibility index (Phi) is 4.09. The maximum atomic E-state index is 3.53. The van der Waals surface area contributed by atoms with Crippen molar-refractivity contribution < 1.29 is 0 Å². The lowest BCUT2D eigenvalue weighted by molar-refractivity contribution is 1.25. The smallest absolute Gasteiger partial charge is 0.0238 e. The van der Waals surface area contributed by atoms with Gasteiger partial charge in [-0.15, -0.1) is 11.8 Å². The van der Waals surface area contributed by atoms with Gasteiger partial charge in [-0.05, 0) is 34.8 Å². The minimum atomic E-state index is 1.01. The lowest BCUT2D eigenvalue weighted by Gasteiger charge is -2.11. The molecule has 0 radical (unpaired) electrons. The number of allylic oxidation sites excluding steroid dienone is 1. The van der Waals surface area contributed by atoms with E-state index < -0.39 is 0 Å². The molecule has 2 aromatic carbocycles. The van der Waals surface area contributed by atoms with Gasteiger partial charge in [0, 0.05) is 16.0 Å². The fourth-order valence-corrected chi connectivity index (χ4v) is 3.74. The predicted molar refractivity (Wildman–Crippen MR) is 87.9 cm³/mol. The maximum absolute atomic E-state index is 3.53. The van der Waals surface area contributed by atoms with Crippen molar-refractivity contribution >= 4 is 33.3 Å². The third-order valence-electron chi connectivity index (χ3n) is 3.33. The number of fused-ring (bicyclic) bond motifs is 2. The van der Waals surface area contributed by atoms with E-state index in [9.17, 15) is 0 Å². The first-order valence-electron chi connectivity index (χ1n) is 6.47. The molecule has 0 saturated carbocycles. The van der Waals surface area contributed by atoms with Crippen LogP contribution < -0.4 is 0 Å². The number of alkyl halides is 1. The van der Waals surface area contributed by atoms with Crippen LogP contribution in [0.2, 0.25) is 0 Å². The van der Waals surface area contributed by atoms with Gasteiger partial charge < -0.3 is 0 Å². The van der Waals surface area contributed by atoms with Gasteiger partial charge in [0.15, 0.2) is 0 Å². The first kappa shape index (κ1) is 13.0. The van der Waals surface area contributed by atoms with Gasteiger partial charge in [-0.1, -0.05) is 64.5 Å². The van der Waals surface area contributed by atoms with Crippen molar-refractivity contribution in [2.75, 3.05) is 5.33 Å². The summed E-state index contributed by atoms with van der Waals surface area (Å²) in [4.78, 5) is 1.39. The molecule has 0 amide bonds. The molecule has 0 atom stereocenters. The van der Waals surface area contributed by atoms with E-state index in [0.29, 0.717) is 0 Å². The van der Waals surface area contributed by atoms with Crippen LogP contribution >= 0.6 is 27.7 Å². The Hall–Kier alpha value is -0.990. The fraction of sp³-hybridized carbons (Fsp3) is 0.176. The van der Waals surface area contributed by atoms with Gasteiger partial charge >= 0.3 is 0 Å². The van der Waals surface area contributed by atoms with Crippen molar-refractivity contribution in [3.8, 4) is 0 Å². The highest BCUT2D eigenvalue weighted by Crippen LogP contribution is 2.39. The van der Waals surface area contributed by atoms with Gasteiger partial charge in [0.2, 0.25) is 0 Å². The molecule has 0 bridgehead atoms. The van der Waals surface area contributed by atoms with E-state index in [4.69, 9.17) is 0 Å². The first-order chi connectivity index (χ1) is 9.40. The summed E-state index contributed by atoms with van der Waals surface area (Å²) in [5.74, 6) is 1.05. The lowest BCUT2D eigenvalue weighted by Crippen LogP contribution is -1.92. The Bertz CT molecular complexity index is 567. The zero-order valence-corrected chi connectivity index (χ0v) is 13.0. The second-order valence-corrected chi connectivity index (χ2v) is 6.35. The highest BCUT2D eigenvalue weighted by atomic mass is 79.9. The normalized spacial score (nSPS) is 15.7. The second-order valence-electron chi connectivity index (χ2n) is 4.54. The molecule has 96 valence electrons. The quantitative estimate of drug-likeness (QED) is 0.654. The summed E-state index contributed by atoms with van der Waals surface area (Å²) in [5.41, 5.74) is 5.58. The van der Waals surface area contributed by atoms with Crippen LogP contribution in [0.1, 0.15) is 23.1 Å². The molecule has 1 aliphatic rings. The molecule has 0 N–H and O–H groups in total. The topological polar surface area (TPSA) is 0 Å². The average molecular weight is 331 g/mol. The molecule has 19 heavy (non-hydrogen) atoms. The summed E-state index contributed by atoms with van der Waals surface area (Å²) in [6, 6.07) is 17.5. The van der Waals surface area contributed by atoms with E-state index in [-0.39, 0.29) is 0 Å². The molecule has 1 aliphatic heterocycles. The van der Waals surface area contributed by atoms with Crippen LogP contribution in [-0.4, -0.2) is 5.33 Å². The van der Waals surface area contributed by atoms with Gasteiger partial charge in [0.1, 0.15) is 0 Å². The van der Waals surface area contributed by atoms with Crippen LogP contribution in [0.4, 0.5) is 0 Å². The molecule has 3 rings (SSSR count). The number of halogens is 1. The molecule has 0 unspecified atom stereocenters. The van der Waals surface area contributed by atoms with Crippen LogP contribution in [0.15, 0.2) is 59.5 Å². The zero-order chi connectivity index (χ0) is 13.1. The van der Waals surface area contributed by atoms with Crippen molar-refractivity contribution in [2.24, 2.45) is 0 Å². The lowest BCUT2D eigenvalue weighted by atomic mass is 9.94. The monoisotopic (exact) mass is 330 g/mol. The average Bonchev–Trinajstić information content (AvgIpc) is 2.62. The Morgan fingerprint density at radius 2 is 1.74 bits per heavy atom. The minimum Gasteiger partial charge on any atom is -0.121 e. The highest BCUT2D eigenvalue weighted by Gasteiger charge is 2.17. The van der Waals surface area contributed by atoms with Crippen molar-refractivity contribution in [3.63, 3.8) is 0 Å². The Balaban J connectivity index is 2.19. The Morgan fingerprint density at radius 1 is 1.00 bits per heavy atom. The molecule has 2 heteroatoms. The molecule has 1 heterocycles. The molecule has 0 spiro atoms. The van der Waals surface area contributed by atoms with E-state index in [1.807, 2.05) is 11.8 Å². The summed E-state index contributed by atoms with van der Waals surface area (Å²) in [6.45, 7) is 0. The van der Waals surface area contributed by atoms with Gasteiger partial charge in [0.25, 0.3) is 0 Å². The molecule has 0 aromatic heterocycles. The Morgan fingerprint density at radius 3 is 2.58 bits per heavy atom. The summed E-state index contributed by atoms with van der Waals surface area (Å²) in [7, 11) is 0. The number of thioether (sulfide) groups is 1. The molecule has 0 fully saturated rings. The van der Waals surface area contributed by atoms with Gasteiger partial charge in [-0.2, -0.15) is 0 Å². The van der Waals surface area contributed by atoms with E-state index in [0.717, 1.165) is 17.5 Å². The molecule has 0 saturated heterocycles. The zero-order valence-electron chi connectivity index (χ0n) is 10.6. The maximum Gasteiger partial charge on any atom is 0.0238 e. The number of rotatable bonds is 2. The van der Waals surface area contributed by atoms with Crippen LogP contribution in [0, 0.1) is 0 Å². The van der Waals surface area contributed by atoms with Crippen LogP contribution in [0.5, 0.6) is 0 Å². The van der Waals surface area contributed by atoms with Gasteiger partial charge in [-0.3, -0.25) is 0 Å². The standard InChI is InChI=1S/C17H15BrS/c18-11-5-9-15-14-7-2-1-6-13(14)12-19-17-10-4-3-8-16(15)17/h1-4,6-10H,5,11-12H2/b15-9-. The summed E-state index contributed by atoms with van der Waals surface area (Å²) >= 11 is 5.46. The van der Waals surface area contributed by atoms with Crippen LogP contribution in [0.25, 0.3) is 5.57 Å². The largest absolute Gasteiger partial charge is 0.121 e. The van der Waals surface area contributed by atoms with Gasteiger partial charge in [-0.25, -0.2) is 0 Å². The van der Waals surface area contributed by atoms with Gasteiger partial charge in [0.05, 0.1) is 0 Å². The van der Waals surface area contributed by atoms with Crippen LogP contribution in [-0.2, 0) is 5.75 Å². The van der Waals surface area contributed by atoms with Crippen LogP contribution in [0.3, 0.4) is 0 Å². The fourth-order valence-electron chi connectivity index (χ4n) is 2.44. The van der Waals surface area contributed by atoms with Crippen molar-refractivity contribution in [3.05, 3.63) is 71.3 Å². The minimum absolute atomic E-state index is 1.01. The number of benzene rings is 2. The van der Waals surface area contributed by atoms with E-state index in [1.165, 1.54) is 27.2 Å². The first-order valence-corrected chi connectivity index (χ1v) is 8.57. The van der Waals surface area contributed by atoms with E-state index in [2.05, 4.69) is 70.5 Å². The molecule has 2 aromatic rings. The summed E-state index contributed by atoms with van der Waals surface area (Å²) in [6.07, 6.45) is 3.42. The molecular formula is C17H15BrS. The predicted octanol–water partition coefficient (Wildman–Crippen LogP) is 5.51. The summed E-state index contributed by atoms with van der Waals surface area (Å²) in [5, 5.41) is 1.01. The summed E-state index contributed by atoms with van der Waals surface area (Å²) < 4.78 is 0. The third-order valence-corrected chi connectivity index (χ3v) is 4.91. The SMILES string of the molecule is BrCC/C=C1/c2ccccc2CSc2ccccc21. The van der Waals surface area contributed by atoms with Crippen molar-refractivity contribution in [1.82, 2.24) is 0 Å². The van der Waals surface area contributed by atoms with E-state index in [1.54, 1.807) is 0 Å². The third kappa shape index (κ3) is 2.65. The van der Waals surface area contributed by atoms with Crippen molar-refractivity contribution in [1.29, 1.82) is 0 Å². The highest BCUT2D eigenvalue weighted by molar-refractivity contribution is 9.09. The Labute approximate surface area is 127 Å². The van der Waals surface area contributed by atoms with Crippen molar-refractivity contribution in [2.45, 2.75) is 17.1 Å². The molecule has 0 nitrogen and oxygen atoms in total. The second kappa shape index (κ2) is 5.98. The molecular weight excluding hydrogens is 316 g/mol. The molecule has 0 aliphatic carbocycles. The number of hydrogen-bond acceptors (Lipinski definition) is 1.